The first-order chi connectivity index (χ1) is 12.9. The van der Waals surface area contributed by atoms with E-state index in [0.29, 0.717) is 36.0 Å². The molecule has 0 saturated heterocycles. The maximum absolute atomic E-state index is 12.4. The zero-order chi connectivity index (χ0) is 19.4. The molecule has 1 amide bonds. The lowest BCUT2D eigenvalue weighted by Gasteiger charge is -2.19. The van der Waals surface area contributed by atoms with Gasteiger partial charge in [-0.2, -0.15) is 0 Å². The summed E-state index contributed by atoms with van der Waals surface area (Å²) < 4.78 is 16.2. The number of hydrogen-bond acceptors (Lipinski definition) is 6. The molecular formula is C20H22N2O5. The fourth-order valence-electron chi connectivity index (χ4n) is 2.56. The third-order valence-electron chi connectivity index (χ3n) is 4.06. The highest BCUT2D eigenvalue weighted by Gasteiger charge is 2.20. The summed E-state index contributed by atoms with van der Waals surface area (Å²) in [6.45, 7) is 2.49. The van der Waals surface area contributed by atoms with Crippen LogP contribution in [0.4, 0.5) is 11.4 Å². The van der Waals surface area contributed by atoms with Gasteiger partial charge in [0, 0.05) is 31.5 Å². The van der Waals surface area contributed by atoms with Gasteiger partial charge in [0.25, 0.3) is 5.91 Å². The van der Waals surface area contributed by atoms with Crippen LogP contribution in [0.25, 0.3) is 0 Å². The number of ether oxygens (including phenoxy) is 3. The van der Waals surface area contributed by atoms with Gasteiger partial charge >= 0.3 is 5.97 Å². The summed E-state index contributed by atoms with van der Waals surface area (Å²) in [7, 11) is 3.77. The van der Waals surface area contributed by atoms with E-state index in [1.54, 1.807) is 36.4 Å². The van der Waals surface area contributed by atoms with E-state index in [0.717, 1.165) is 5.69 Å². The fourth-order valence-corrected chi connectivity index (χ4v) is 2.56. The van der Waals surface area contributed by atoms with Crippen LogP contribution in [0.5, 0.6) is 11.5 Å². The molecule has 0 fully saturated rings. The minimum Gasteiger partial charge on any atom is -0.486 e. The van der Waals surface area contributed by atoms with Crippen molar-refractivity contribution >= 4 is 23.3 Å². The zero-order valence-corrected chi connectivity index (χ0v) is 15.5. The Morgan fingerprint density at radius 1 is 1.07 bits per heavy atom. The van der Waals surface area contributed by atoms with Crippen molar-refractivity contribution < 1.29 is 23.8 Å². The van der Waals surface area contributed by atoms with Crippen LogP contribution < -0.4 is 19.7 Å². The Hall–Kier alpha value is -3.22. The van der Waals surface area contributed by atoms with Crippen molar-refractivity contribution in [1.29, 1.82) is 0 Å². The third kappa shape index (κ3) is 4.49. The molecule has 1 N–H and O–H groups in total. The first-order valence-corrected chi connectivity index (χ1v) is 8.63. The van der Waals surface area contributed by atoms with E-state index >= 15 is 0 Å². The molecule has 1 unspecified atom stereocenters. The summed E-state index contributed by atoms with van der Waals surface area (Å²) in [5.41, 5.74) is 1.81. The van der Waals surface area contributed by atoms with Crippen LogP contribution in [-0.4, -0.2) is 45.3 Å². The Bertz CT molecular complexity index is 850. The van der Waals surface area contributed by atoms with Crippen LogP contribution in [0.15, 0.2) is 42.5 Å². The van der Waals surface area contributed by atoms with Gasteiger partial charge < -0.3 is 24.4 Å². The van der Waals surface area contributed by atoms with E-state index in [1.807, 2.05) is 25.1 Å². The molecule has 27 heavy (non-hydrogen) atoms. The largest absolute Gasteiger partial charge is 0.486 e. The van der Waals surface area contributed by atoms with Crippen molar-refractivity contribution in [2.45, 2.75) is 13.0 Å². The first kappa shape index (κ1) is 18.6. The molecule has 1 heterocycles. The van der Waals surface area contributed by atoms with E-state index in [1.165, 1.54) is 6.92 Å². The molecule has 1 aliphatic rings. The topological polar surface area (TPSA) is 77.1 Å². The molecule has 0 spiro atoms. The lowest BCUT2D eigenvalue weighted by molar-refractivity contribution is -0.123. The summed E-state index contributed by atoms with van der Waals surface area (Å²) >= 11 is 0. The zero-order valence-electron chi connectivity index (χ0n) is 15.5. The van der Waals surface area contributed by atoms with Crippen molar-refractivity contribution in [1.82, 2.24) is 0 Å². The van der Waals surface area contributed by atoms with Gasteiger partial charge in [-0.05, 0) is 37.3 Å². The molecule has 7 heteroatoms. The number of fused-ring (bicyclic) bond motifs is 1. The van der Waals surface area contributed by atoms with Crippen LogP contribution in [0, 0.1) is 0 Å². The van der Waals surface area contributed by atoms with Gasteiger partial charge in [-0.3, -0.25) is 4.79 Å². The lowest BCUT2D eigenvalue weighted by atomic mass is 10.2. The molecule has 142 valence electrons. The van der Waals surface area contributed by atoms with Crippen LogP contribution >= 0.6 is 0 Å². The maximum atomic E-state index is 12.4. The van der Waals surface area contributed by atoms with Crippen LogP contribution in [-0.2, 0) is 9.53 Å². The molecule has 0 radical (unpaired) electrons. The van der Waals surface area contributed by atoms with Crippen molar-refractivity contribution in [2.24, 2.45) is 0 Å². The predicted molar refractivity (Wildman–Crippen MR) is 102 cm³/mol. The minimum atomic E-state index is -0.950. The van der Waals surface area contributed by atoms with Crippen LogP contribution in [0.2, 0.25) is 0 Å². The fraction of sp³-hybridized carbons (Fsp3) is 0.300. The number of amides is 1. The number of nitrogens with zero attached hydrogens (tertiary/aromatic N) is 1. The second kappa shape index (κ2) is 7.99. The molecule has 0 saturated carbocycles. The number of carbonyl (C=O) groups excluding carboxylic acids is 2. The maximum Gasteiger partial charge on any atom is 0.338 e. The highest BCUT2D eigenvalue weighted by molar-refractivity contribution is 5.97. The van der Waals surface area contributed by atoms with Gasteiger partial charge in [-0.25, -0.2) is 4.79 Å². The summed E-state index contributed by atoms with van der Waals surface area (Å²) in [5.74, 6) is 0.232. The second-order valence-electron chi connectivity index (χ2n) is 6.34. The quantitative estimate of drug-likeness (QED) is 0.816. The first-order valence-electron chi connectivity index (χ1n) is 8.63. The number of benzene rings is 2. The molecule has 0 bridgehead atoms. The average Bonchev–Trinajstić information content (AvgIpc) is 2.67. The molecule has 2 aromatic carbocycles. The van der Waals surface area contributed by atoms with Gasteiger partial charge in [0.15, 0.2) is 17.6 Å². The Labute approximate surface area is 157 Å². The third-order valence-corrected chi connectivity index (χ3v) is 4.06. The molecule has 2 aromatic rings. The normalized spacial score (nSPS) is 13.4. The Kier molecular flexibility index (Phi) is 5.49. The number of esters is 1. The summed E-state index contributed by atoms with van der Waals surface area (Å²) in [6.07, 6.45) is -0.950. The van der Waals surface area contributed by atoms with Crippen molar-refractivity contribution in [3.8, 4) is 11.5 Å². The van der Waals surface area contributed by atoms with Crippen molar-refractivity contribution in [3.05, 3.63) is 48.0 Å². The van der Waals surface area contributed by atoms with Crippen molar-refractivity contribution in [2.75, 3.05) is 37.5 Å². The number of rotatable bonds is 5. The SMILES string of the molecule is CC(OC(=O)c1cccc(N(C)C)c1)C(=O)Nc1ccc2c(c1)OCCO2. The van der Waals surface area contributed by atoms with Crippen LogP contribution in [0.1, 0.15) is 17.3 Å². The molecule has 1 atom stereocenters. The molecule has 1 aliphatic heterocycles. The van der Waals surface area contributed by atoms with Crippen LogP contribution in [0.3, 0.4) is 0 Å². The number of nitrogens with one attached hydrogen (secondary N) is 1. The predicted octanol–water partition coefficient (Wildman–Crippen LogP) is 2.71. The van der Waals surface area contributed by atoms with E-state index < -0.39 is 18.0 Å². The molecular weight excluding hydrogens is 348 g/mol. The Morgan fingerprint density at radius 3 is 2.56 bits per heavy atom. The average molecular weight is 370 g/mol. The number of anilines is 2. The molecule has 7 nitrogen and oxygen atoms in total. The standard InChI is InChI=1S/C20H22N2O5/c1-13(27-20(24)14-5-4-6-16(11-14)22(2)3)19(23)21-15-7-8-17-18(12-15)26-10-9-25-17/h4-8,11-13H,9-10H2,1-3H3,(H,21,23). The van der Waals surface area contributed by atoms with Gasteiger partial charge in [-0.1, -0.05) is 6.07 Å². The molecule has 0 aliphatic carbocycles. The minimum absolute atomic E-state index is 0.389. The van der Waals surface area contributed by atoms with Gasteiger partial charge in [-0.15, -0.1) is 0 Å². The number of hydrogen-bond donors (Lipinski definition) is 1. The Morgan fingerprint density at radius 2 is 1.81 bits per heavy atom. The highest BCUT2D eigenvalue weighted by atomic mass is 16.6. The second-order valence-corrected chi connectivity index (χ2v) is 6.34. The van der Waals surface area contributed by atoms with Crippen molar-refractivity contribution in [3.63, 3.8) is 0 Å². The summed E-state index contributed by atoms with van der Waals surface area (Å²) in [6, 6.07) is 12.1. The monoisotopic (exact) mass is 370 g/mol. The van der Waals surface area contributed by atoms with E-state index in [9.17, 15) is 9.59 Å². The summed E-state index contributed by atoms with van der Waals surface area (Å²) in [5, 5.41) is 2.72. The Balaban J connectivity index is 1.62. The van der Waals surface area contributed by atoms with Gasteiger partial charge in [0.2, 0.25) is 0 Å². The van der Waals surface area contributed by atoms with E-state index in [-0.39, 0.29) is 0 Å². The smallest absolute Gasteiger partial charge is 0.338 e. The molecule has 0 aromatic heterocycles. The lowest BCUT2D eigenvalue weighted by Crippen LogP contribution is -2.30. The van der Waals surface area contributed by atoms with E-state index in [4.69, 9.17) is 14.2 Å². The molecule has 3 rings (SSSR count). The summed E-state index contributed by atoms with van der Waals surface area (Å²) in [4.78, 5) is 26.6. The van der Waals surface area contributed by atoms with Gasteiger partial charge in [0.05, 0.1) is 5.56 Å². The highest BCUT2D eigenvalue weighted by Crippen LogP contribution is 2.32. The van der Waals surface area contributed by atoms with Gasteiger partial charge in [0.1, 0.15) is 13.2 Å². The number of carbonyl (C=O) groups is 2. The van der Waals surface area contributed by atoms with E-state index in [2.05, 4.69) is 5.32 Å².